The van der Waals surface area contributed by atoms with Gasteiger partial charge in [0.25, 0.3) is 0 Å². The van der Waals surface area contributed by atoms with Crippen LogP contribution in [0.4, 0.5) is 0 Å². The van der Waals surface area contributed by atoms with Gasteiger partial charge in [-0.1, -0.05) is 0 Å². The number of hydrogen-bond donors (Lipinski definition) is 0. The summed E-state index contributed by atoms with van der Waals surface area (Å²) in [4.78, 5) is 0. The molecule has 2 fully saturated rings. The number of halogens is 2. The van der Waals surface area contributed by atoms with Crippen LogP contribution in [-0.2, 0) is 12.0 Å². The summed E-state index contributed by atoms with van der Waals surface area (Å²) in [6.07, 6.45) is 22.1. The topological polar surface area (TPSA) is 0 Å². The Labute approximate surface area is 208 Å². The maximum absolute atomic E-state index is 9.20. The first-order valence-electron chi connectivity index (χ1n) is 13.7. The second kappa shape index (κ2) is 7.34. The van der Waals surface area contributed by atoms with Gasteiger partial charge in [-0.25, -0.2) is 0 Å². The van der Waals surface area contributed by atoms with Crippen molar-refractivity contribution in [1.82, 2.24) is 0 Å². The van der Waals surface area contributed by atoms with Gasteiger partial charge in [0.05, 0.1) is 0 Å². The third-order valence-electron chi connectivity index (χ3n) is 11.4. The van der Waals surface area contributed by atoms with E-state index in [1.807, 2.05) is 0 Å². The molecule has 0 nitrogen and oxygen atoms in total. The van der Waals surface area contributed by atoms with Crippen LogP contribution < -0.4 is 0 Å². The fourth-order valence-corrected chi connectivity index (χ4v) is 56.7. The first-order valence-corrected chi connectivity index (χ1v) is 31.6. The van der Waals surface area contributed by atoms with Crippen LogP contribution in [0.5, 0.6) is 0 Å². The molecule has 0 heterocycles. The first kappa shape index (κ1) is 24.0. The minimum absolute atomic E-state index is 0.126. The Morgan fingerprint density at radius 1 is 0.588 bits per heavy atom. The molecule has 180 valence electrons. The Balaban J connectivity index is 1.77. The van der Waals surface area contributed by atoms with E-state index in [4.69, 9.17) is 0 Å². The van der Waals surface area contributed by atoms with Gasteiger partial charge in [-0.05, 0) is 0 Å². The summed E-state index contributed by atoms with van der Waals surface area (Å²) in [5, 5.41) is 0. The Kier molecular flexibility index (Phi) is 5.17. The summed E-state index contributed by atoms with van der Waals surface area (Å²) in [6.45, 7) is 2.23. The quantitative estimate of drug-likeness (QED) is 0.312. The molecule has 2 saturated carbocycles. The third kappa shape index (κ3) is 2.76. The summed E-state index contributed by atoms with van der Waals surface area (Å²) in [5.41, 5.74) is 5.46. The Hall–Kier alpha value is -0.400. The van der Waals surface area contributed by atoms with Crippen molar-refractivity contribution in [2.45, 2.75) is 78.7 Å². The van der Waals surface area contributed by atoms with Gasteiger partial charge in [-0.3, -0.25) is 0 Å². The summed E-state index contributed by atoms with van der Waals surface area (Å²) >= 11 is -5.91. The van der Waals surface area contributed by atoms with Crippen LogP contribution in [0, 0.1) is 0 Å². The van der Waals surface area contributed by atoms with Crippen molar-refractivity contribution >= 4 is 36.1 Å². The molecule has 4 aliphatic carbocycles. The normalized spacial score (nSPS) is 28.5. The van der Waals surface area contributed by atoms with E-state index in [2.05, 4.69) is 79.7 Å². The Bertz CT molecular complexity index is 1230. The van der Waals surface area contributed by atoms with Crippen molar-refractivity contribution in [2.24, 2.45) is 0 Å². The molecular weight excluding hydrogens is 551 g/mol. The number of rotatable bonds is 4. The van der Waals surface area contributed by atoms with E-state index in [9.17, 15) is 17.0 Å². The molecule has 0 N–H and O–H groups in total. The maximum atomic E-state index is 9.20. The summed E-state index contributed by atoms with van der Waals surface area (Å²) in [7, 11) is 18.4. The van der Waals surface area contributed by atoms with Crippen molar-refractivity contribution in [1.29, 1.82) is 0 Å². The van der Waals surface area contributed by atoms with Crippen LogP contribution in [0.1, 0.15) is 93.7 Å². The van der Waals surface area contributed by atoms with Gasteiger partial charge in [0, 0.05) is 0 Å². The van der Waals surface area contributed by atoms with Gasteiger partial charge >= 0.3 is 210 Å². The van der Waals surface area contributed by atoms with Crippen molar-refractivity contribution in [2.75, 3.05) is 0 Å². The molecule has 0 amide bonds. The van der Waals surface area contributed by atoms with Gasteiger partial charge in [-0.15, -0.1) is 0 Å². The molecule has 4 aliphatic rings. The fraction of sp³-hybridized carbons (Fsp3) is 0.467. The van der Waals surface area contributed by atoms with Gasteiger partial charge in [0.2, 0.25) is 0 Å². The van der Waals surface area contributed by atoms with Crippen LogP contribution in [0.25, 0.3) is 12.2 Å². The number of fused-ring (bicyclic) bond motifs is 2. The van der Waals surface area contributed by atoms with Gasteiger partial charge < -0.3 is 0 Å². The molecule has 4 heteroatoms. The van der Waals surface area contributed by atoms with Crippen molar-refractivity contribution < 1.29 is 12.0 Å². The predicted molar refractivity (Wildman–Crippen MR) is 150 cm³/mol. The zero-order valence-electron chi connectivity index (χ0n) is 20.3. The van der Waals surface area contributed by atoms with E-state index >= 15 is 0 Å². The Morgan fingerprint density at radius 2 is 0.971 bits per heavy atom. The number of hydrogen-bond acceptors (Lipinski definition) is 0. The fourth-order valence-electron chi connectivity index (χ4n) is 9.70. The van der Waals surface area contributed by atoms with E-state index in [0.717, 1.165) is 0 Å². The van der Waals surface area contributed by atoms with Crippen LogP contribution in [-0.4, -0.2) is 6.88 Å². The number of benzene rings is 2. The average molecular weight is 589 g/mol. The molecule has 0 spiro atoms. The van der Waals surface area contributed by atoms with Crippen LogP contribution in [0.2, 0.25) is 7.25 Å². The average Bonchev–Trinajstić information content (AvgIpc) is 3.52. The monoisotopic (exact) mass is 586 g/mol. The summed E-state index contributed by atoms with van der Waals surface area (Å²) < 4.78 is 1.05. The van der Waals surface area contributed by atoms with E-state index in [1.165, 1.54) is 86.5 Å². The van der Waals surface area contributed by atoms with Crippen LogP contribution >= 0.6 is 17.0 Å². The summed E-state index contributed by atoms with van der Waals surface area (Å²) in [6, 6.07) is 18.0. The standard InChI is InChI=1S/2C9H7.2C6H11.2ClH.H2Si.Zr/c2*1-2-5-9-7-3-6-8(9)4-1;2*1-2-4-6-5-3-1;;;;/h2*1-7H;2*1H,2-6H2;2*1H;1H2;/q;;;;;;;+2/p-2. The predicted octanol–water partition coefficient (Wildman–Crippen LogP) is 9.64. The first-order chi connectivity index (χ1) is 16.2. The van der Waals surface area contributed by atoms with Gasteiger partial charge in [-0.2, -0.15) is 0 Å². The molecule has 0 radical (unpaired) electrons. The zero-order chi connectivity index (χ0) is 23.6. The van der Waals surface area contributed by atoms with E-state index < -0.39 is 12.0 Å². The molecule has 0 aliphatic heterocycles. The van der Waals surface area contributed by atoms with Crippen molar-refractivity contribution in [3.05, 3.63) is 82.9 Å². The van der Waals surface area contributed by atoms with E-state index in [0.29, 0.717) is 7.25 Å². The SMILES string of the molecule is [SiH2]=[Zr]([Cl])([Cl])([CH]1CCCCC1)([CH]1CCCCC1)([CH]1C=Cc2ccccc21)[CH]1C=Cc2ccccc21. The molecule has 0 bridgehead atoms. The van der Waals surface area contributed by atoms with Crippen LogP contribution in [0.15, 0.2) is 60.7 Å². The molecule has 2 unspecified atom stereocenters. The summed E-state index contributed by atoms with van der Waals surface area (Å²) in [5.74, 6) is 0. The number of allylic oxidation sites excluding steroid dienone is 2. The van der Waals surface area contributed by atoms with Gasteiger partial charge in [0.1, 0.15) is 0 Å². The minimum atomic E-state index is -5.91. The molecule has 0 aromatic heterocycles. The Morgan fingerprint density at radius 3 is 1.38 bits per heavy atom. The molecule has 0 saturated heterocycles. The zero-order valence-corrected chi connectivity index (χ0v) is 25.7. The van der Waals surface area contributed by atoms with Gasteiger partial charge in [0.15, 0.2) is 0 Å². The molecule has 2 aromatic carbocycles. The molecular formula is C30H38Cl2SiZr. The van der Waals surface area contributed by atoms with Crippen molar-refractivity contribution in [3.63, 3.8) is 0 Å². The van der Waals surface area contributed by atoms with Crippen LogP contribution in [0.3, 0.4) is 0 Å². The second-order valence-corrected chi connectivity index (χ2v) is 70.6. The molecule has 34 heavy (non-hydrogen) atoms. The van der Waals surface area contributed by atoms with E-state index in [-0.39, 0.29) is 7.25 Å². The molecule has 2 atom stereocenters. The molecule has 6 rings (SSSR count). The van der Waals surface area contributed by atoms with E-state index in [1.54, 1.807) is 0 Å². The second-order valence-electron chi connectivity index (χ2n) is 12.6. The third-order valence-corrected chi connectivity index (χ3v) is 64.2. The molecule has 2 aromatic rings. The van der Waals surface area contributed by atoms with Crippen molar-refractivity contribution in [3.8, 4) is 0 Å².